The molecule has 3 aromatic heterocycles. The van der Waals surface area contributed by atoms with Crippen molar-refractivity contribution in [2.24, 2.45) is 0 Å². The third kappa shape index (κ3) is 3.06. The summed E-state index contributed by atoms with van der Waals surface area (Å²) in [7, 11) is 0. The molecule has 7 heteroatoms. The van der Waals surface area contributed by atoms with E-state index in [9.17, 15) is 4.79 Å². The van der Waals surface area contributed by atoms with Gasteiger partial charge in [-0.05, 0) is 25.5 Å². The Morgan fingerprint density at radius 2 is 1.69 bits per heavy atom. The molecular weight excluding hydrogens is 328 g/mol. The van der Waals surface area contributed by atoms with E-state index in [2.05, 4.69) is 15.6 Å². The monoisotopic (exact) mass is 346 g/mol. The van der Waals surface area contributed by atoms with Gasteiger partial charge >= 0.3 is 0 Å². The molecule has 0 saturated heterocycles. The SMILES string of the molecule is Cc1ccc(-c2nc3ccc(C)cn3c2CC(=O)Nn2cnnc2)cc1. The number of hydrogen-bond acceptors (Lipinski definition) is 4. The number of aromatic nitrogens is 5. The fraction of sp³-hybridized carbons (Fsp3) is 0.158. The van der Waals surface area contributed by atoms with Crippen LogP contribution in [0.25, 0.3) is 16.9 Å². The van der Waals surface area contributed by atoms with Gasteiger partial charge < -0.3 is 4.40 Å². The minimum atomic E-state index is -0.165. The molecule has 1 amide bonds. The summed E-state index contributed by atoms with van der Waals surface area (Å²) in [5, 5.41) is 7.38. The van der Waals surface area contributed by atoms with Crippen molar-refractivity contribution in [3.05, 3.63) is 72.1 Å². The summed E-state index contributed by atoms with van der Waals surface area (Å²) in [5.41, 5.74) is 8.49. The lowest BCUT2D eigenvalue weighted by atomic mass is 10.1. The largest absolute Gasteiger partial charge is 0.303 e. The van der Waals surface area contributed by atoms with Gasteiger partial charge in [0.2, 0.25) is 5.91 Å². The Kier molecular flexibility index (Phi) is 3.96. The smallest absolute Gasteiger partial charge is 0.244 e. The van der Waals surface area contributed by atoms with Crippen molar-refractivity contribution in [1.29, 1.82) is 0 Å². The Morgan fingerprint density at radius 1 is 1.00 bits per heavy atom. The molecule has 4 rings (SSSR count). The van der Waals surface area contributed by atoms with E-state index in [1.807, 2.05) is 60.8 Å². The molecule has 1 aromatic carbocycles. The number of imidazole rings is 1. The molecule has 3 heterocycles. The van der Waals surface area contributed by atoms with Gasteiger partial charge in [-0.2, -0.15) is 0 Å². The second-order valence-electron chi connectivity index (χ2n) is 6.29. The molecule has 0 saturated carbocycles. The lowest BCUT2D eigenvalue weighted by molar-refractivity contribution is -0.116. The summed E-state index contributed by atoms with van der Waals surface area (Å²) in [4.78, 5) is 17.3. The van der Waals surface area contributed by atoms with Crippen LogP contribution < -0.4 is 5.43 Å². The molecule has 1 N–H and O–H groups in total. The average molecular weight is 346 g/mol. The van der Waals surface area contributed by atoms with E-state index in [0.29, 0.717) is 0 Å². The molecule has 0 aliphatic carbocycles. The molecule has 4 aromatic rings. The van der Waals surface area contributed by atoms with Crippen molar-refractivity contribution in [3.8, 4) is 11.3 Å². The zero-order valence-corrected chi connectivity index (χ0v) is 14.5. The van der Waals surface area contributed by atoms with Gasteiger partial charge in [-0.3, -0.25) is 10.2 Å². The summed E-state index contributed by atoms with van der Waals surface area (Å²) >= 11 is 0. The van der Waals surface area contributed by atoms with Crippen LogP contribution in [-0.2, 0) is 11.2 Å². The highest BCUT2D eigenvalue weighted by Gasteiger charge is 2.17. The Labute approximate surface area is 150 Å². The fourth-order valence-corrected chi connectivity index (χ4v) is 2.91. The maximum Gasteiger partial charge on any atom is 0.244 e. The first-order valence-electron chi connectivity index (χ1n) is 8.29. The third-order valence-electron chi connectivity index (χ3n) is 4.19. The van der Waals surface area contributed by atoms with E-state index >= 15 is 0 Å². The molecule has 26 heavy (non-hydrogen) atoms. The summed E-state index contributed by atoms with van der Waals surface area (Å²) in [6, 6.07) is 12.1. The van der Waals surface area contributed by atoms with Crippen LogP contribution in [0.5, 0.6) is 0 Å². The summed E-state index contributed by atoms with van der Waals surface area (Å²) in [6.45, 7) is 4.07. The van der Waals surface area contributed by atoms with Gasteiger partial charge in [0.25, 0.3) is 0 Å². The van der Waals surface area contributed by atoms with E-state index in [-0.39, 0.29) is 12.3 Å². The molecule has 0 aliphatic heterocycles. The second kappa shape index (κ2) is 6.44. The lowest BCUT2D eigenvalue weighted by Crippen LogP contribution is -2.24. The number of rotatable bonds is 4. The van der Waals surface area contributed by atoms with Crippen molar-refractivity contribution in [2.75, 3.05) is 5.43 Å². The predicted octanol–water partition coefficient (Wildman–Crippen LogP) is 2.52. The first-order chi connectivity index (χ1) is 12.6. The van der Waals surface area contributed by atoms with Gasteiger partial charge in [0.05, 0.1) is 17.8 Å². The van der Waals surface area contributed by atoms with Crippen molar-refractivity contribution in [2.45, 2.75) is 20.3 Å². The minimum Gasteiger partial charge on any atom is -0.303 e. The maximum absolute atomic E-state index is 12.5. The standard InChI is InChI=1S/C19H18N6O/c1-13-3-6-15(7-4-13)19-16(9-18(26)23-24-11-20-21-12-24)25-10-14(2)5-8-17(25)22-19/h3-8,10-12H,9H2,1-2H3,(H,23,26). The maximum atomic E-state index is 12.5. The Hall–Kier alpha value is -3.48. The number of hydrogen-bond donors (Lipinski definition) is 1. The number of nitrogens with zero attached hydrogens (tertiary/aromatic N) is 5. The van der Waals surface area contributed by atoms with E-state index in [0.717, 1.165) is 28.2 Å². The minimum absolute atomic E-state index is 0.165. The molecule has 0 fully saturated rings. The zero-order chi connectivity index (χ0) is 18.1. The Morgan fingerprint density at radius 3 is 2.42 bits per heavy atom. The molecule has 0 unspecified atom stereocenters. The van der Waals surface area contributed by atoms with Crippen LogP contribution in [0.4, 0.5) is 0 Å². The lowest BCUT2D eigenvalue weighted by Gasteiger charge is -2.08. The van der Waals surface area contributed by atoms with Crippen molar-refractivity contribution < 1.29 is 4.79 Å². The Bertz CT molecular complexity index is 1060. The molecule has 0 aliphatic rings. The van der Waals surface area contributed by atoms with Crippen LogP contribution in [0.3, 0.4) is 0 Å². The number of carbonyl (C=O) groups excluding carboxylic acids is 1. The average Bonchev–Trinajstić information content (AvgIpc) is 3.24. The second-order valence-corrected chi connectivity index (χ2v) is 6.29. The molecular formula is C19H18N6O. The van der Waals surface area contributed by atoms with Crippen LogP contribution in [0.2, 0.25) is 0 Å². The number of aryl methyl sites for hydroxylation is 2. The summed E-state index contributed by atoms with van der Waals surface area (Å²) < 4.78 is 3.42. The number of pyridine rings is 1. The number of fused-ring (bicyclic) bond motifs is 1. The fourth-order valence-electron chi connectivity index (χ4n) is 2.91. The first-order valence-corrected chi connectivity index (χ1v) is 8.29. The number of nitrogens with one attached hydrogen (secondary N) is 1. The quantitative estimate of drug-likeness (QED) is 0.616. The highest BCUT2D eigenvalue weighted by Crippen LogP contribution is 2.26. The van der Waals surface area contributed by atoms with E-state index in [1.54, 1.807) is 0 Å². The van der Waals surface area contributed by atoms with Crippen molar-refractivity contribution in [1.82, 2.24) is 24.3 Å². The highest BCUT2D eigenvalue weighted by molar-refractivity contribution is 5.87. The third-order valence-corrected chi connectivity index (χ3v) is 4.19. The topological polar surface area (TPSA) is 77.1 Å². The van der Waals surface area contributed by atoms with Crippen LogP contribution in [0.1, 0.15) is 16.8 Å². The van der Waals surface area contributed by atoms with E-state index < -0.39 is 0 Å². The van der Waals surface area contributed by atoms with E-state index in [4.69, 9.17) is 4.98 Å². The number of amides is 1. The summed E-state index contributed by atoms with van der Waals surface area (Å²) in [5.74, 6) is -0.165. The number of benzene rings is 1. The van der Waals surface area contributed by atoms with Crippen LogP contribution in [0, 0.1) is 13.8 Å². The molecule has 0 radical (unpaired) electrons. The van der Waals surface area contributed by atoms with Gasteiger partial charge in [-0.1, -0.05) is 35.9 Å². The van der Waals surface area contributed by atoms with Gasteiger partial charge in [0.1, 0.15) is 18.3 Å². The summed E-state index contributed by atoms with van der Waals surface area (Å²) in [6.07, 6.45) is 5.07. The van der Waals surface area contributed by atoms with Gasteiger partial charge in [-0.15, -0.1) is 10.2 Å². The molecule has 0 spiro atoms. The van der Waals surface area contributed by atoms with Crippen molar-refractivity contribution in [3.63, 3.8) is 0 Å². The van der Waals surface area contributed by atoms with Crippen LogP contribution >= 0.6 is 0 Å². The Balaban J connectivity index is 1.77. The van der Waals surface area contributed by atoms with Gasteiger partial charge in [0.15, 0.2) is 0 Å². The first kappa shape index (κ1) is 16.0. The molecule has 0 bridgehead atoms. The molecule has 7 nitrogen and oxygen atoms in total. The van der Waals surface area contributed by atoms with Crippen LogP contribution in [0.15, 0.2) is 55.2 Å². The van der Waals surface area contributed by atoms with Crippen molar-refractivity contribution >= 4 is 11.6 Å². The van der Waals surface area contributed by atoms with Gasteiger partial charge in [0, 0.05) is 11.8 Å². The van der Waals surface area contributed by atoms with Crippen LogP contribution in [-0.4, -0.2) is 30.2 Å². The normalized spacial score (nSPS) is 11.0. The highest BCUT2D eigenvalue weighted by atomic mass is 16.2. The van der Waals surface area contributed by atoms with Gasteiger partial charge in [-0.25, -0.2) is 9.66 Å². The molecule has 0 atom stereocenters. The number of carbonyl (C=O) groups is 1. The molecule has 130 valence electrons. The zero-order valence-electron chi connectivity index (χ0n) is 14.5. The predicted molar refractivity (Wildman–Crippen MR) is 98.2 cm³/mol. The van der Waals surface area contributed by atoms with E-state index in [1.165, 1.54) is 22.9 Å².